The van der Waals surface area contributed by atoms with E-state index in [2.05, 4.69) is 15.9 Å². The molecule has 18 heavy (non-hydrogen) atoms. The third-order valence-corrected chi connectivity index (χ3v) is 3.07. The number of aromatic nitrogens is 1. The zero-order chi connectivity index (χ0) is 13.0. The number of pyridine rings is 1. The Morgan fingerprint density at radius 2 is 1.94 bits per heavy atom. The van der Waals surface area contributed by atoms with Gasteiger partial charge in [-0.1, -0.05) is 27.5 Å². The van der Waals surface area contributed by atoms with Crippen LogP contribution in [-0.2, 0) is 0 Å². The average molecular weight is 324 g/mol. The number of carbonyl (C=O) groups excluding carboxylic acids is 1. The van der Waals surface area contributed by atoms with Gasteiger partial charge < -0.3 is 0 Å². The third-order valence-electron chi connectivity index (χ3n) is 2.31. The Hall–Kier alpha value is -1.45. The van der Waals surface area contributed by atoms with Crippen LogP contribution in [0.15, 0.2) is 59.3 Å². The predicted molar refractivity (Wildman–Crippen MR) is 75.4 cm³/mol. The van der Waals surface area contributed by atoms with Crippen molar-refractivity contribution < 1.29 is 9.36 Å². The zero-order valence-corrected chi connectivity index (χ0v) is 11.7. The van der Waals surface area contributed by atoms with E-state index in [0.717, 1.165) is 4.47 Å². The summed E-state index contributed by atoms with van der Waals surface area (Å²) in [6, 6.07) is 10.8. The Morgan fingerprint density at radius 3 is 2.61 bits per heavy atom. The molecule has 0 fully saturated rings. The van der Waals surface area contributed by atoms with Gasteiger partial charge >= 0.3 is 0 Å². The molecule has 0 saturated heterocycles. The number of benzene rings is 1. The number of rotatable bonds is 3. The van der Waals surface area contributed by atoms with E-state index >= 15 is 0 Å². The van der Waals surface area contributed by atoms with Crippen molar-refractivity contribution in [3.05, 3.63) is 69.9 Å². The minimum atomic E-state index is -0.0463. The number of hydrogen-bond acceptors (Lipinski definition) is 1. The van der Waals surface area contributed by atoms with Crippen molar-refractivity contribution in [1.82, 2.24) is 0 Å². The molecule has 1 aromatic carbocycles. The van der Waals surface area contributed by atoms with Crippen LogP contribution in [0.3, 0.4) is 0 Å². The molecule has 0 aliphatic heterocycles. The van der Waals surface area contributed by atoms with Crippen molar-refractivity contribution in [2.45, 2.75) is 0 Å². The van der Waals surface area contributed by atoms with Gasteiger partial charge in [-0.3, -0.25) is 4.79 Å². The number of hydrogen-bond donors (Lipinski definition) is 0. The summed E-state index contributed by atoms with van der Waals surface area (Å²) in [5, 5.41) is 0.623. The fourth-order valence-corrected chi connectivity index (χ4v) is 1.87. The quantitative estimate of drug-likeness (QED) is 0.479. The second-order valence-corrected chi connectivity index (χ2v) is 5.01. The first-order chi connectivity index (χ1) is 8.65. The molecule has 2 nitrogen and oxygen atoms in total. The van der Waals surface area contributed by atoms with Crippen molar-refractivity contribution in [2.75, 3.05) is 0 Å². The lowest BCUT2D eigenvalue weighted by Gasteiger charge is -1.94. The summed E-state index contributed by atoms with van der Waals surface area (Å²) in [4.78, 5) is 11.9. The van der Waals surface area contributed by atoms with E-state index < -0.39 is 0 Å². The molecule has 4 heteroatoms. The highest BCUT2D eigenvalue weighted by molar-refractivity contribution is 9.10. The molecule has 0 bridgehead atoms. The third kappa shape index (κ3) is 3.52. The summed E-state index contributed by atoms with van der Waals surface area (Å²) in [7, 11) is 0. The van der Waals surface area contributed by atoms with Crippen molar-refractivity contribution in [1.29, 1.82) is 0 Å². The maximum absolute atomic E-state index is 11.9. The fraction of sp³-hybridized carbons (Fsp3) is 0. The van der Waals surface area contributed by atoms with Crippen molar-refractivity contribution in [2.24, 2.45) is 0 Å². The van der Waals surface area contributed by atoms with Gasteiger partial charge in [0.15, 0.2) is 24.4 Å². The van der Waals surface area contributed by atoms with Gasteiger partial charge in [0.1, 0.15) is 5.02 Å². The minimum absolute atomic E-state index is 0.0463. The Morgan fingerprint density at radius 1 is 1.22 bits per heavy atom. The van der Waals surface area contributed by atoms with Crippen molar-refractivity contribution in [3.8, 4) is 0 Å². The largest absolute Gasteiger partial charge is 0.289 e. The van der Waals surface area contributed by atoms with Crippen molar-refractivity contribution >= 4 is 39.5 Å². The van der Waals surface area contributed by atoms with Gasteiger partial charge in [-0.15, -0.1) is 0 Å². The lowest BCUT2D eigenvalue weighted by atomic mass is 10.1. The Balaban J connectivity index is 2.14. The second kappa shape index (κ2) is 5.94. The molecule has 2 rings (SSSR count). The number of nitrogens with zero attached hydrogens (tertiary/aromatic N) is 1. The Labute approximate surface area is 119 Å². The topological polar surface area (TPSA) is 20.9 Å². The van der Waals surface area contributed by atoms with Crippen LogP contribution in [-0.4, -0.2) is 5.78 Å². The molecule has 0 radical (unpaired) electrons. The van der Waals surface area contributed by atoms with Gasteiger partial charge in [0.2, 0.25) is 0 Å². The molecule has 1 aromatic heterocycles. The second-order valence-electron chi connectivity index (χ2n) is 3.66. The first kappa shape index (κ1) is 13.0. The molecule has 90 valence electrons. The van der Waals surface area contributed by atoms with E-state index in [9.17, 15) is 4.79 Å². The first-order valence-electron chi connectivity index (χ1n) is 5.29. The summed E-state index contributed by atoms with van der Waals surface area (Å²) in [5.41, 5.74) is 0.650. The molecule has 2 aromatic rings. The van der Waals surface area contributed by atoms with E-state index in [4.69, 9.17) is 11.6 Å². The van der Waals surface area contributed by atoms with E-state index in [1.54, 1.807) is 35.2 Å². The number of halogens is 2. The highest BCUT2D eigenvalue weighted by Crippen LogP contribution is 2.11. The molecule has 1 heterocycles. The molecule has 0 atom stereocenters. The lowest BCUT2D eigenvalue weighted by molar-refractivity contribution is -0.568. The van der Waals surface area contributed by atoms with Gasteiger partial charge in [-0.05, 0) is 30.3 Å². The molecule has 0 N–H and O–H groups in total. The molecular formula is C14H10BrClNO+. The number of ketones is 1. The monoisotopic (exact) mass is 322 g/mol. The van der Waals surface area contributed by atoms with Crippen LogP contribution in [0.1, 0.15) is 10.4 Å². The van der Waals surface area contributed by atoms with Gasteiger partial charge in [-0.25, -0.2) is 0 Å². The minimum Gasteiger partial charge on any atom is -0.289 e. The summed E-state index contributed by atoms with van der Waals surface area (Å²) in [6.45, 7) is 0. The Bertz CT molecular complexity index is 593. The lowest BCUT2D eigenvalue weighted by Crippen LogP contribution is -2.24. The summed E-state index contributed by atoms with van der Waals surface area (Å²) < 4.78 is 2.69. The maximum Gasteiger partial charge on any atom is 0.193 e. The summed E-state index contributed by atoms with van der Waals surface area (Å²) >= 11 is 9.18. The first-order valence-corrected chi connectivity index (χ1v) is 6.47. The SMILES string of the molecule is O=C(C=C[n+]1cccc(Cl)c1)c1ccc(Br)cc1. The summed E-state index contributed by atoms with van der Waals surface area (Å²) in [6.07, 6.45) is 6.74. The number of carbonyl (C=O) groups is 1. The van der Waals surface area contributed by atoms with Gasteiger partial charge in [-0.2, -0.15) is 4.57 Å². The van der Waals surface area contributed by atoms with Crippen LogP contribution in [0.25, 0.3) is 6.20 Å². The van der Waals surface area contributed by atoms with Gasteiger partial charge in [0, 0.05) is 16.1 Å². The highest BCUT2D eigenvalue weighted by atomic mass is 79.9. The maximum atomic E-state index is 11.9. The molecule has 0 aliphatic carbocycles. The van der Waals surface area contributed by atoms with Crippen LogP contribution in [0.2, 0.25) is 5.02 Å². The highest BCUT2D eigenvalue weighted by Gasteiger charge is 2.03. The van der Waals surface area contributed by atoms with E-state index in [0.29, 0.717) is 10.6 Å². The molecule has 0 saturated carbocycles. The van der Waals surface area contributed by atoms with Crippen molar-refractivity contribution in [3.63, 3.8) is 0 Å². The predicted octanol–water partition coefficient (Wildman–Crippen LogP) is 3.74. The Kier molecular flexibility index (Phi) is 4.28. The smallest absolute Gasteiger partial charge is 0.193 e. The van der Waals surface area contributed by atoms with Crippen LogP contribution in [0, 0.1) is 0 Å². The van der Waals surface area contributed by atoms with Gasteiger partial charge in [0.25, 0.3) is 0 Å². The molecule has 0 amide bonds. The molecule has 0 aliphatic rings. The molecule has 0 unspecified atom stereocenters. The average Bonchev–Trinajstić information content (AvgIpc) is 2.37. The van der Waals surface area contributed by atoms with Crippen LogP contribution in [0.4, 0.5) is 0 Å². The normalized spacial score (nSPS) is 10.8. The number of allylic oxidation sites excluding steroid dienone is 1. The molecule has 0 spiro atoms. The van der Waals surface area contributed by atoms with E-state index in [-0.39, 0.29) is 5.78 Å². The van der Waals surface area contributed by atoms with E-state index in [1.165, 1.54) is 6.08 Å². The molecular weight excluding hydrogens is 314 g/mol. The van der Waals surface area contributed by atoms with Crippen LogP contribution < -0.4 is 4.57 Å². The van der Waals surface area contributed by atoms with Crippen LogP contribution in [0.5, 0.6) is 0 Å². The zero-order valence-electron chi connectivity index (χ0n) is 9.38. The van der Waals surface area contributed by atoms with Gasteiger partial charge in [0.05, 0.1) is 6.08 Å². The standard InChI is InChI=1S/C14H10BrClNO/c15-12-5-3-11(4-6-12)14(18)7-9-17-8-1-2-13(16)10-17/h1-10H/q+1. The fourth-order valence-electron chi connectivity index (χ4n) is 1.42. The summed E-state index contributed by atoms with van der Waals surface area (Å²) in [5.74, 6) is -0.0463. The van der Waals surface area contributed by atoms with E-state index in [1.807, 2.05) is 24.4 Å². The van der Waals surface area contributed by atoms with Crippen LogP contribution >= 0.6 is 27.5 Å².